The molecule has 3 heterocycles. The Balaban J connectivity index is 1.74. The zero-order valence-electron chi connectivity index (χ0n) is 15.9. The van der Waals surface area contributed by atoms with Crippen LogP contribution in [-0.2, 0) is 4.74 Å². The lowest BCUT2D eigenvalue weighted by Crippen LogP contribution is -2.21. The summed E-state index contributed by atoms with van der Waals surface area (Å²) in [6.45, 7) is 0. The van der Waals surface area contributed by atoms with E-state index in [1.54, 1.807) is 23.6 Å². The van der Waals surface area contributed by atoms with Gasteiger partial charge in [-0.15, -0.1) is 22.7 Å². The summed E-state index contributed by atoms with van der Waals surface area (Å²) in [6.07, 6.45) is 0. The Kier molecular flexibility index (Phi) is 5.39. The van der Waals surface area contributed by atoms with E-state index in [1.807, 2.05) is 17.5 Å². The van der Waals surface area contributed by atoms with Gasteiger partial charge in [-0.1, -0.05) is 18.2 Å². The van der Waals surface area contributed by atoms with Gasteiger partial charge in [-0.2, -0.15) is 0 Å². The molecule has 0 unspecified atom stereocenters. The van der Waals surface area contributed by atoms with Crippen molar-refractivity contribution in [2.24, 2.45) is 0 Å². The molecule has 0 bridgehead atoms. The van der Waals surface area contributed by atoms with E-state index < -0.39 is 17.5 Å². The third kappa shape index (κ3) is 3.49. The molecule has 4 rings (SSSR count). The van der Waals surface area contributed by atoms with Crippen molar-refractivity contribution < 1.29 is 23.5 Å². The number of amides is 1. The van der Waals surface area contributed by atoms with Gasteiger partial charge in [-0.3, -0.25) is 4.79 Å². The Bertz CT molecular complexity index is 1300. The molecule has 0 atom stereocenters. The van der Waals surface area contributed by atoms with Gasteiger partial charge in [0.15, 0.2) is 11.3 Å². The van der Waals surface area contributed by atoms with E-state index in [-0.39, 0.29) is 16.7 Å². The molecule has 4 aromatic rings. The molecule has 0 spiro atoms. The Labute approximate surface area is 178 Å². The number of esters is 1. The summed E-state index contributed by atoms with van der Waals surface area (Å²) in [5.41, 5.74) is 0.169. The van der Waals surface area contributed by atoms with Gasteiger partial charge in [0.25, 0.3) is 5.91 Å². The highest BCUT2D eigenvalue weighted by Crippen LogP contribution is 2.38. The quantitative estimate of drug-likeness (QED) is 0.358. The molecular formula is C21H15NO6S2. The van der Waals surface area contributed by atoms with Crippen LogP contribution in [0.1, 0.15) is 20.7 Å². The number of hydrogen-bond donors (Lipinski definition) is 1. The van der Waals surface area contributed by atoms with Crippen molar-refractivity contribution in [1.29, 1.82) is 0 Å². The number of anilines is 1. The molecule has 0 saturated heterocycles. The first-order chi connectivity index (χ1) is 14.5. The average molecular weight is 441 g/mol. The highest BCUT2D eigenvalue weighted by atomic mass is 32.1. The van der Waals surface area contributed by atoms with Crippen LogP contribution in [0.5, 0.6) is 5.75 Å². The van der Waals surface area contributed by atoms with Crippen LogP contribution in [0, 0.1) is 0 Å². The second-order valence-corrected chi connectivity index (χ2v) is 7.93. The third-order valence-electron chi connectivity index (χ3n) is 4.38. The van der Waals surface area contributed by atoms with Crippen LogP contribution < -0.4 is 15.7 Å². The number of methoxy groups -OCH3 is 2. The van der Waals surface area contributed by atoms with Crippen LogP contribution in [0.25, 0.3) is 21.4 Å². The van der Waals surface area contributed by atoms with Crippen molar-refractivity contribution in [2.45, 2.75) is 0 Å². The van der Waals surface area contributed by atoms with Crippen molar-refractivity contribution in [2.75, 3.05) is 19.5 Å². The number of carbonyl (C=O) groups is 2. The summed E-state index contributed by atoms with van der Waals surface area (Å²) in [5.74, 6) is -0.869. The van der Waals surface area contributed by atoms with Gasteiger partial charge in [0.05, 0.1) is 14.2 Å². The molecule has 1 aromatic carbocycles. The molecule has 0 aliphatic carbocycles. The molecule has 1 amide bonds. The smallest absolute Gasteiger partial charge is 0.349 e. The molecule has 7 nitrogen and oxygen atoms in total. The SMILES string of the molecule is COC(=O)c1c(-c2cccs2)csc1NC(=O)c1cc2cccc(OC)c2oc1=O. The van der Waals surface area contributed by atoms with Gasteiger partial charge in [0.1, 0.15) is 16.1 Å². The number of hydrogen-bond acceptors (Lipinski definition) is 8. The van der Waals surface area contributed by atoms with Gasteiger partial charge in [-0.25, -0.2) is 9.59 Å². The number of benzene rings is 1. The minimum absolute atomic E-state index is 0.183. The summed E-state index contributed by atoms with van der Waals surface area (Å²) in [5, 5.41) is 7.14. The van der Waals surface area contributed by atoms with E-state index in [0.717, 1.165) is 4.88 Å². The van der Waals surface area contributed by atoms with Crippen LogP contribution >= 0.6 is 22.7 Å². The number of thiophene rings is 2. The lowest BCUT2D eigenvalue weighted by Gasteiger charge is -2.08. The summed E-state index contributed by atoms with van der Waals surface area (Å²) in [6, 6.07) is 10.3. The van der Waals surface area contributed by atoms with Gasteiger partial charge < -0.3 is 19.2 Å². The average Bonchev–Trinajstić information content (AvgIpc) is 3.42. The molecule has 1 N–H and O–H groups in total. The van der Waals surface area contributed by atoms with E-state index in [0.29, 0.717) is 21.7 Å². The van der Waals surface area contributed by atoms with Crippen LogP contribution in [-0.4, -0.2) is 26.1 Å². The topological polar surface area (TPSA) is 94.8 Å². The molecular weight excluding hydrogens is 426 g/mol. The largest absolute Gasteiger partial charge is 0.493 e. The number of rotatable bonds is 5. The van der Waals surface area contributed by atoms with Crippen molar-refractivity contribution >= 4 is 50.5 Å². The molecule has 3 aromatic heterocycles. The monoisotopic (exact) mass is 441 g/mol. The maximum Gasteiger partial charge on any atom is 0.349 e. The molecule has 152 valence electrons. The predicted molar refractivity (Wildman–Crippen MR) is 116 cm³/mol. The fourth-order valence-corrected chi connectivity index (χ4v) is 4.74. The molecule has 0 saturated carbocycles. The van der Waals surface area contributed by atoms with Gasteiger partial charge in [-0.05, 0) is 23.6 Å². The number of nitrogens with one attached hydrogen (secondary N) is 1. The lowest BCUT2D eigenvalue weighted by atomic mass is 10.1. The predicted octanol–water partition coefficient (Wildman–Crippen LogP) is 4.63. The van der Waals surface area contributed by atoms with Crippen molar-refractivity contribution in [3.05, 3.63) is 68.7 Å². The molecule has 0 aliphatic heterocycles. The van der Waals surface area contributed by atoms with E-state index in [4.69, 9.17) is 13.9 Å². The summed E-state index contributed by atoms with van der Waals surface area (Å²) >= 11 is 2.64. The molecule has 30 heavy (non-hydrogen) atoms. The first kappa shape index (κ1) is 19.9. The minimum Gasteiger partial charge on any atom is -0.493 e. The van der Waals surface area contributed by atoms with Gasteiger partial charge in [0, 0.05) is 21.2 Å². The highest BCUT2D eigenvalue weighted by Gasteiger charge is 2.24. The molecule has 0 fully saturated rings. The normalized spacial score (nSPS) is 10.7. The second kappa shape index (κ2) is 8.13. The summed E-state index contributed by atoms with van der Waals surface area (Å²) < 4.78 is 15.4. The third-order valence-corrected chi connectivity index (χ3v) is 6.18. The first-order valence-corrected chi connectivity index (χ1v) is 10.4. The Morgan fingerprint density at radius 3 is 2.63 bits per heavy atom. The Morgan fingerprint density at radius 1 is 1.10 bits per heavy atom. The van der Waals surface area contributed by atoms with Gasteiger partial charge >= 0.3 is 11.6 Å². The first-order valence-electron chi connectivity index (χ1n) is 8.69. The van der Waals surface area contributed by atoms with Gasteiger partial charge in [0.2, 0.25) is 0 Å². The standard InChI is InChI=1S/C21H15NO6S2/c1-26-14-6-3-5-11-9-12(20(24)28-17(11)14)18(23)22-19-16(21(25)27-2)13(10-30-19)15-7-4-8-29-15/h3-10H,1-2H3,(H,22,23). The van der Waals surface area contributed by atoms with E-state index in [2.05, 4.69) is 5.32 Å². The molecule has 9 heteroatoms. The number of ether oxygens (including phenoxy) is 2. The fraction of sp³-hybridized carbons (Fsp3) is 0.0952. The van der Waals surface area contributed by atoms with E-state index in [1.165, 1.54) is 43.0 Å². The zero-order chi connectivity index (χ0) is 21.3. The highest BCUT2D eigenvalue weighted by molar-refractivity contribution is 7.17. The zero-order valence-corrected chi connectivity index (χ0v) is 17.5. The number of para-hydroxylation sites is 1. The van der Waals surface area contributed by atoms with Crippen molar-refractivity contribution in [1.82, 2.24) is 0 Å². The second-order valence-electron chi connectivity index (χ2n) is 6.10. The Hall–Kier alpha value is -3.43. The lowest BCUT2D eigenvalue weighted by molar-refractivity contribution is 0.0603. The minimum atomic E-state index is -0.806. The maximum atomic E-state index is 12.8. The van der Waals surface area contributed by atoms with Crippen molar-refractivity contribution in [3.63, 3.8) is 0 Å². The van der Waals surface area contributed by atoms with Crippen LogP contribution in [0.15, 0.2) is 56.4 Å². The van der Waals surface area contributed by atoms with Crippen LogP contribution in [0.2, 0.25) is 0 Å². The van der Waals surface area contributed by atoms with Crippen LogP contribution in [0.3, 0.4) is 0 Å². The number of carbonyl (C=O) groups excluding carboxylic acids is 2. The summed E-state index contributed by atoms with van der Waals surface area (Å²) in [4.78, 5) is 38.5. The van der Waals surface area contributed by atoms with E-state index in [9.17, 15) is 14.4 Å². The number of fused-ring (bicyclic) bond motifs is 1. The maximum absolute atomic E-state index is 12.8. The summed E-state index contributed by atoms with van der Waals surface area (Å²) in [7, 11) is 2.74. The van der Waals surface area contributed by atoms with E-state index >= 15 is 0 Å². The molecule has 0 aliphatic rings. The Morgan fingerprint density at radius 2 is 1.93 bits per heavy atom. The van der Waals surface area contributed by atoms with Crippen LogP contribution in [0.4, 0.5) is 5.00 Å². The molecule has 0 radical (unpaired) electrons. The van der Waals surface area contributed by atoms with Crippen molar-refractivity contribution in [3.8, 4) is 16.2 Å². The fourth-order valence-electron chi connectivity index (χ4n) is 2.98.